The van der Waals surface area contributed by atoms with Gasteiger partial charge in [-0.1, -0.05) is 0 Å². The van der Waals surface area contributed by atoms with Crippen molar-refractivity contribution in [3.05, 3.63) is 59.2 Å². The fourth-order valence-electron chi connectivity index (χ4n) is 1.47. The molecule has 0 atom stereocenters. The molecule has 1 radical (unpaired) electrons. The maximum Gasteiger partial charge on any atom is 0.126 e. The van der Waals surface area contributed by atoms with Crippen LogP contribution in [-0.4, -0.2) is 9.97 Å². The van der Waals surface area contributed by atoms with Gasteiger partial charge in [-0.3, -0.25) is 0 Å². The highest BCUT2D eigenvalue weighted by molar-refractivity contribution is 5.26. The van der Waals surface area contributed by atoms with E-state index in [9.17, 15) is 8.78 Å². The van der Waals surface area contributed by atoms with Gasteiger partial charge in [0.15, 0.2) is 0 Å². The minimum absolute atomic E-state index is 0.376. The third kappa shape index (κ3) is 2.39. The van der Waals surface area contributed by atoms with E-state index in [1.165, 1.54) is 18.5 Å². The van der Waals surface area contributed by atoms with Gasteiger partial charge in [0, 0.05) is 23.7 Å². The first-order valence-corrected chi connectivity index (χ1v) is 4.78. The SMILES string of the molecule is Cc1ncn[c]c1Cc1cc(F)cc(F)c1. The monoisotopic (exact) mass is 219 g/mol. The summed E-state index contributed by atoms with van der Waals surface area (Å²) in [5.74, 6) is -1.16. The summed E-state index contributed by atoms with van der Waals surface area (Å²) >= 11 is 0. The van der Waals surface area contributed by atoms with E-state index in [0.717, 1.165) is 17.3 Å². The number of nitrogens with zero attached hydrogens (tertiary/aromatic N) is 2. The number of benzene rings is 1. The Balaban J connectivity index is 2.30. The minimum Gasteiger partial charge on any atom is -0.241 e. The van der Waals surface area contributed by atoms with Gasteiger partial charge in [-0.05, 0) is 24.6 Å². The largest absolute Gasteiger partial charge is 0.241 e. The highest BCUT2D eigenvalue weighted by atomic mass is 19.1. The second-order valence-corrected chi connectivity index (χ2v) is 3.50. The summed E-state index contributed by atoms with van der Waals surface area (Å²) in [7, 11) is 0. The number of hydrogen-bond acceptors (Lipinski definition) is 2. The molecule has 4 heteroatoms. The quantitative estimate of drug-likeness (QED) is 0.775. The van der Waals surface area contributed by atoms with Gasteiger partial charge in [0.2, 0.25) is 0 Å². The van der Waals surface area contributed by atoms with Crippen molar-refractivity contribution < 1.29 is 8.78 Å². The van der Waals surface area contributed by atoms with Crippen molar-refractivity contribution >= 4 is 0 Å². The summed E-state index contributed by atoms with van der Waals surface area (Å²) in [6, 6.07) is 3.44. The van der Waals surface area contributed by atoms with Gasteiger partial charge >= 0.3 is 0 Å². The van der Waals surface area contributed by atoms with Gasteiger partial charge in [0.1, 0.15) is 18.0 Å². The van der Waals surface area contributed by atoms with Crippen molar-refractivity contribution in [1.82, 2.24) is 9.97 Å². The molecule has 1 heterocycles. The first kappa shape index (κ1) is 10.7. The minimum atomic E-state index is -0.579. The van der Waals surface area contributed by atoms with Crippen LogP contribution in [0, 0.1) is 24.8 Å². The summed E-state index contributed by atoms with van der Waals surface area (Å²) < 4.78 is 25.9. The topological polar surface area (TPSA) is 25.8 Å². The van der Waals surface area contributed by atoms with Crippen LogP contribution < -0.4 is 0 Å². The van der Waals surface area contributed by atoms with E-state index < -0.39 is 11.6 Å². The predicted molar refractivity (Wildman–Crippen MR) is 54.8 cm³/mol. The van der Waals surface area contributed by atoms with Crippen molar-refractivity contribution in [2.75, 3.05) is 0 Å². The first-order chi connectivity index (χ1) is 7.65. The van der Waals surface area contributed by atoms with E-state index >= 15 is 0 Å². The molecular weight excluding hydrogens is 210 g/mol. The fraction of sp³-hybridized carbons (Fsp3) is 0.167. The molecule has 2 aromatic rings. The van der Waals surface area contributed by atoms with Crippen LogP contribution in [0.15, 0.2) is 24.5 Å². The normalized spacial score (nSPS) is 10.4. The molecule has 1 aromatic carbocycles. The van der Waals surface area contributed by atoms with Crippen molar-refractivity contribution in [2.24, 2.45) is 0 Å². The molecule has 0 spiro atoms. The van der Waals surface area contributed by atoms with Gasteiger partial charge < -0.3 is 0 Å². The van der Waals surface area contributed by atoms with Gasteiger partial charge in [-0.2, -0.15) is 0 Å². The van der Waals surface area contributed by atoms with Gasteiger partial charge in [-0.15, -0.1) is 0 Å². The van der Waals surface area contributed by atoms with Crippen molar-refractivity contribution in [2.45, 2.75) is 13.3 Å². The third-order valence-electron chi connectivity index (χ3n) is 2.25. The first-order valence-electron chi connectivity index (χ1n) is 4.78. The zero-order chi connectivity index (χ0) is 11.5. The fourth-order valence-corrected chi connectivity index (χ4v) is 1.47. The summed E-state index contributed by atoms with van der Waals surface area (Å²) in [6.07, 6.45) is 4.54. The van der Waals surface area contributed by atoms with E-state index in [1.807, 2.05) is 6.92 Å². The standard InChI is InChI=1S/C12H9F2N2/c1-8-10(6-15-7-16-8)2-9-3-11(13)5-12(14)4-9/h3-5,7H,2H2,1H3. The molecule has 0 saturated carbocycles. The number of aryl methyl sites for hydroxylation is 1. The molecule has 0 aliphatic rings. The molecule has 2 nitrogen and oxygen atoms in total. The lowest BCUT2D eigenvalue weighted by molar-refractivity contribution is 0.580. The summed E-state index contributed by atoms with van der Waals surface area (Å²) in [5, 5.41) is 0. The van der Waals surface area contributed by atoms with Crippen LogP contribution in [0.2, 0.25) is 0 Å². The van der Waals surface area contributed by atoms with Crippen LogP contribution in [0.25, 0.3) is 0 Å². The van der Waals surface area contributed by atoms with Crippen LogP contribution >= 0.6 is 0 Å². The molecule has 0 aliphatic heterocycles. The Morgan fingerprint density at radius 2 is 1.88 bits per heavy atom. The molecule has 0 aliphatic carbocycles. The molecule has 16 heavy (non-hydrogen) atoms. The second kappa shape index (κ2) is 4.35. The second-order valence-electron chi connectivity index (χ2n) is 3.50. The van der Waals surface area contributed by atoms with Gasteiger partial charge in [-0.25, -0.2) is 18.7 Å². The number of aromatic nitrogens is 2. The molecule has 81 valence electrons. The van der Waals surface area contributed by atoms with Crippen LogP contribution in [0.5, 0.6) is 0 Å². The number of rotatable bonds is 2. The molecule has 0 amide bonds. The Bertz CT molecular complexity index is 492. The smallest absolute Gasteiger partial charge is 0.126 e. The Morgan fingerprint density at radius 3 is 2.50 bits per heavy atom. The number of hydrogen-bond donors (Lipinski definition) is 0. The van der Waals surface area contributed by atoms with E-state index in [2.05, 4.69) is 16.2 Å². The highest BCUT2D eigenvalue weighted by Crippen LogP contribution is 2.13. The molecule has 2 rings (SSSR count). The molecule has 0 unspecified atom stereocenters. The Kier molecular flexibility index (Phi) is 2.90. The lowest BCUT2D eigenvalue weighted by atomic mass is 10.1. The summed E-state index contributed by atoms with van der Waals surface area (Å²) in [6.45, 7) is 1.81. The van der Waals surface area contributed by atoms with E-state index in [1.54, 1.807) is 0 Å². The van der Waals surface area contributed by atoms with Crippen molar-refractivity contribution in [3.63, 3.8) is 0 Å². The summed E-state index contributed by atoms with van der Waals surface area (Å²) in [5.41, 5.74) is 2.05. The van der Waals surface area contributed by atoms with Crippen molar-refractivity contribution in [3.8, 4) is 0 Å². The Hall–Kier alpha value is -1.84. The molecule has 0 bridgehead atoms. The average Bonchev–Trinajstić information content (AvgIpc) is 2.20. The maximum absolute atomic E-state index is 12.9. The molecule has 1 aromatic heterocycles. The molecule has 0 fully saturated rings. The Morgan fingerprint density at radius 1 is 1.19 bits per heavy atom. The Labute approximate surface area is 92.0 Å². The highest BCUT2D eigenvalue weighted by Gasteiger charge is 2.05. The van der Waals surface area contributed by atoms with Crippen molar-refractivity contribution in [1.29, 1.82) is 0 Å². The van der Waals surface area contributed by atoms with Gasteiger partial charge in [0.25, 0.3) is 0 Å². The van der Waals surface area contributed by atoms with E-state index in [4.69, 9.17) is 0 Å². The van der Waals surface area contributed by atoms with Crippen LogP contribution in [0.4, 0.5) is 8.78 Å². The van der Waals surface area contributed by atoms with E-state index in [0.29, 0.717) is 12.0 Å². The van der Waals surface area contributed by atoms with Crippen LogP contribution in [0.3, 0.4) is 0 Å². The van der Waals surface area contributed by atoms with Crippen LogP contribution in [-0.2, 0) is 6.42 Å². The average molecular weight is 219 g/mol. The zero-order valence-corrected chi connectivity index (χ0v) is 8.67. The molecular formula is C12H9F2N2. The lowest BCUT2D eigenvalue weighted by Crippen LogP contribution is -1.97. The molecule has 0 saturated heterocycles. The zero-order valence-electron chi connectivity index (χ0n) is 8.67. The third-order valence-corrected chi connectivity index (χ3v) is 2.25. The maximum atomic E-state index is 12.9. The van der Waals surface area contributed by atoms with E-state index in [-0.39, 0.29) is 0 Å². The van der Waals surface area contributed by atoms with Crippen LogP contribution in [0.1, 0.15) is 16.8 Å². The lowest BCUT2D eigenvalue weighted by Gasteiger charge is -2.04. The van der Waals surface area contributed by atoms with Gasteiger partial charge in [0.05, 0.1) is 6.20 Å². The predicted octanol–water partition coefficient (Wildman–Crippen LogP) is 2.45. The number of halogens is 2. The summed E-state index contributed by atoms with van der Waals surface area (Å²) in [4.78, 5) is 7.75. The molecule has 0 N–H and O–H groups in total.